The van der Waals surface area contributed by atoms with Crippen LogP contribution in [0.2, 0.25) is 13.3 Å². The van der Waals surface area contributed by atoms with E-state index in [1.165, 1.54) is 72.5 Å². The molecule has 7 nitrogen and oxygen atoms in total. The van der Waals surface area contributed by atoms with E-state index in [0.29, 0.717) is 25.1 Å². The number of amides is 4. The average molecular weight is 632 g/mol. The Balaban J connectivity index is 1.84. The van der Waals surface area contributed by atoms with Gasteiger partial charge in [-0.3, -0.25) is 14.5 Å². The van der Waals surface area contributed by atoms with Gasteiger partial charge in [0, 0.05) is 18.7 Å². The molecule has 2 rings (SSSR count). The van der Waals surface area contributed by atoms with Crippen molar-refractivity contribution in [3.05, 3.63) is 42.0 Å². The van der Waals surface area contributed by atoms with Crippen LogP contribution in [0.5, 0.6) is 0 Å². The fourth-order valence-corrected chi connectivity index (χ4v) is 21.2. The third kappa shape index (κ3) is 10.2. The summed E-state index contributed by atoms with van der Waals surface area (Å²) < 4.78 is 5.50. The number of nitrogens with zero attached hydrogens (tertiary/aromatic N) is 1. The van der Waals surface area contributed by atoms with E-state index in [2.05, 4.69) is 43.5 Å². The molecule has 1 heterocycles. The molecule has 0 radical (unpaired) electrons. The zero-order valence-corrected chi connectivity index (χ0v) is 26.5. The molecule has 4 amide bonds. The summed E-state index contributed by atoms with van der Waals surface area (Å²) in [6.07, 6.45) is 12.2. The van der Waals surface area contributed by atoms with Gasteiger partial charge in [-0.05, 0) is 0 Å². The molecule has 0 saturated heterocycles. The molecule has 0 aromatic heterocycles. The van der Waals surface area contributed by atoms with Gasteiger partial charge in [0.15, 0.2) is 0 Å². The van der Waals surface area contributed by atoms with Crippen LogP contribution in [0.3, 0.4) is 0 Å². The molecule has 2 N–H and O–H groups in total. The molecule has 1 aromatic rings. The number of hydrogen-bond donors (Lipinski definition) is 2. The monoisotopic (exact) mass is 633 g/mol. The van der Waals surface area contributed by atoms with Crippen molar-refractivity contribution in [2.45, 2.75) is 91.9 Å². The van der Waals surface area contributed by atoms with Crippen molar-refractivity contribution in [3.63, 3.8) is 0 Å². The van der Waals surface area contributed by atoms with E-state index in [1.807, 2.05) is 12.1 Å². The summed E-state index contributed by atoms with van der Waals surface area (Å²) in [5.74, 6) is -0.938. The maximum atomic E-state index is 12.9. The van der Waals surface area contributed by atoms with Gasteiger partial charge in [-0.15, -0.1) is 0 Å². The van der Waals surface area contributed by atoms with Crippen molar-refractivity contribution in [1.29, 1.82) is 0 Å². The van der Waals surface area contributed by atoms with Crippen LogP contribution < -0.4 is 14.2 Å². The molecule has 1 aliphatic rings. The van der Waals surface area contributed by atoms with Gasteiger partial charge in [0.2, 0.25) is 0 Å². The molecule has 8 heteroatoms. The van der Waals surface area contributed by atoms with Crippen LogP contribution in [0.1, 0.15) is 88.9 Å². The average Bonchev–Trinajstić information content (AvgIpc) is 3.25. The third-order valence-corrected chi connectivity index (χ3v) is 23.1. The predicted octanol–water partition coefficient (Wildman–Crippen LogP) is 4.68. The van der Waals surface area contributed by atoms with Crippen LogP contribution in [0.4, 0.5) is 0 Å². The van der Waals surface area contributed by atoms with Gasteiger partial charge in [0.25, 0.3) is 11.8 Å². The van der Waals surface area contributed by atoms with Crippen molar-refractivity contribution in [2.75, 3.05) is 19.6 Å². The van der Waals surface area contributed by atoms with Crippen LogP contribution >= 0.6 is 0 Å². The van der Waals surface area contributed by atoms with E-state index in [1.54, 1.807) is 0 Å². The zero-order chi connectivity index (χ0) is 27.8. The second-order valence-corrected chi connectivity index (χ2v) is 23.7. The molecule has 0 aliphatic carbocycles. The van der Waals surface area contributed by atoms with E-state index in [4.69, 9.17) is 0 Å². The van der Waals surface area contributed by atoms with Crippen LogP contribution in [-0.2, 0) is 14.4 Å². The minimum absolute atomic E-state index is 0.0541. The number of unbranched alkanes of at least 4 members (excludes halogenated alkanes) is 5. The van der Waals surface area contributed by atoms with Gasteiger partial charge in [-0.2, -0.15) is 0 Å². The van der Waals surface area contributed by atoms with E-state index < -0.39 is 18.4 Å². The summed E-state index contributed by atoms with van der Waals surface area (Å²) in [4.78, 5) is 49.5. The molecule has 0 fully saturated rings. The van der Waals surface area contributed by atoms with Gasteiger partial charge in [-0.25, -0.2) is 0 Å². The summed E-state index contributed by atoms with van der Waals surface area (Å²) in [7, 11) is 0. The van der Waals surface area contributed by atoms with Crippen molar-refractivity contribution >= 4 is 45.6 Å². The molecule has 1 aliphatic heterocycles. The Bertz CT molecular complexity index is 923. The van der Waals surface area contributed by atoms with Gasteiger partial charge >= 0.3 is 189 Å². The fourth-order valence-electron chi connectivity index (χ4n) is 5.12. The predicted molar refractivity (Wildman–Crippen MR) is 156 cm³/mol. The number of nitrogens with one attached hydrogen (secondary N) is 2. The van der Waals surface area contributed by atoms with Crippen LogP contribution in [0.25, 0.3) is 0 Å². The Morgan fingerprint density at radius 1 is 0.789 bits per heavy atom. The Hall–Kier alpha value is -2.16. The van der Waals surface area contributed by atoms with Crippen molar-refractivity contribution in [2.24, 2.45) is 0 Å². The van der Waals surface area contributed by atoms with Crippen molar-refractivity contribution < 1.29 is 19.2 Å². The number of carbonyl (C=O) groups excluding carboxylic acids is 4. The van der Waals surface area contributed by atoms with Crippen LogP contribution in [0, 0.1) is 0 Å². The Morgan fingerprint density at radius 2 is 1.39 bits per heavy atom. The van der Waals surface area contributed by atoms with Gasteiger partial charge in [0.1, 0.15) is 0 Å². The van der Waals surface area contributed by atoms with Crippen LogP contribution in [0.15, 0.2) is 36.4 Å². The van der Waals surface area contributed by atoms with E-state index in [0.717, 1.165) is 12.8 Å². The molecular formula is C30H47N3O4Sn. The van der Waals surface area contributed by atoms with E-state index in [-0.39, 0.29) is 30.2 Å². The minimum atomic E-state index is -2.63. The summed E-state index contributed by atoms with van der Waals surface area (Å²) in [6.45, 7) is 7.63. The zero-order valence-electron chi connectivity index (χ0n) is 23.7. The molecule has 0 atom stereocenters. The molecule has 0 spiro atoms. The first-order valence-electron chi connectivity index (χ1n) is 14.6. The Labute approximate surface area is 233 Å². The number of hydrogen-bond acceptors (Lipinski definition) is 4. The maximum absolute atomic E-state index is 12.9. The SMILES string of the molecule is CCC[CH2][Sn]([CH2]CCC)([CH2]CCC)[c]1cccc(C(=O)NCC(=O)NCCCCCN2C(=O)C=CC2=O)c1. The van der Waals surface area contributed by atoms with Gasteiger partial charge < -0.3 is 0 Å². The number of rotatable bonds is 19. The quantitative estimate of drug-likeness (QED) is 0.132. The standard InChI is InChI=1S/C18H20N3O4.3C4H9.Sn/c22-15(13-20-18(25)14-7-3-1-4-8-14)19-11-5-2-6-12-21-16(23)9-10-17(21)24;3*1-3-4-2;/h1,3,7-10H,2,5-6,11-13H2,(H,19,22)(H,20,25);3*1,3-4H2,2H3;. The van der Waals surface area contributed by atoms with Crippen molar-refractivity contribution in [3.8, 4) is 0 Å². The summed E-state index contributed by atoms with van der Waals surface area (Å²) in [6, 6.07) is 8.29. The molecule has 38 heavy (non-hydrogen) atoms. The Kier molecular flexibility index (Phi) is 14.7. The Morgan fingerprint density at radius 3 is 1.97 bits per heavy atom. The summed E-state index contributed by atoms with van der Waals surface area (Å²) >= 11 is -2.63. The first kappa shape index (κ1) is 32.1. The number of benzene rings is 1. The number of carbonyl (C=O) groups is 4. The number of imide groups is 1. The van der Waals surface area contributed by atoms with Gasteiger partial charge in [-0.1, -0.05) is 0 Å². The second kappa shape index (κ2) is 17.4. The first-order valence-corrected chi connectivity index (χ1v) is 22.0. The summed E-state index contributed by atoms with van der Waals surface area (Å²) in [5, 5.41) is 5.63. The molecule has 1 aromatic carbocycles. The summed E-state index contributed by atoms with van der Waals surface area (Å²) in [5.41, 5.74) is 0.654. The molecule has 0 bridgehead atoms. The second-order valence-electron chi connectivity index (χ2n) is 10.4. The normalized spacial score (nSPS) is 13.3. The first-order chi connectivity index (χ1) is 18.4. The topological polar surface area (TPSA) is 95.6 Å². The molecule has 0 unspecified atom stereocenters. The fraction of sp³-hybridized carbons (Fsp3) is 0.600. The van der Waals surface area contributed by atoms with Crippen LogP contribution in [-0.4, -0.2) is 66.5 Å². The van der Waals surface area contributed by atoms with E-state index >= 15 is 0 Å². The molecule has 0 saturated carbocycles. The third-order valence-electron chi connectivity index (χ3n) is 7.45. The van der Waals surface area contributed by atoms with Gasteiger partial charge in [0.05, 0.1) is 0 Å². The van der Waals surface area contributed by atoms with E-state index in [9.17, 15) is 19.2 Å². The molecular weight excluding hydrogens is 585 g/mol. The van der Waals surface area contributed by atoms with Crippen molar-refractivity contribution in [1.82, 2.24) is 15.5 Å². The molecule has 210 valence electrons.